The summed E-state index contributed by atoms with van der Waals surface area (Å²) in [6.07, 6.45) is 2.44. The first kappa shape index (κ1) is 23.2. The Morgan fingerprint density at radius 3 is 2.14 bits per heavy atom. The Morgan fingerprint density at radius 1 is 0.861 bits per heavy atom. The zero-order chi connectivity index (χ0) is 25.4. The van der Waals surface area contributed by atoms with Gasteiger partial charge in [0.25, 0.3) is 5.91 Å². The topological polar surface area (TPSA) is 148 Å². The van der Waals surface area contributed by atoms with Crippen molar-refractivity contribution in [2.45, 2.75) is 31.3 Å². The molecule has 3 aromatic carbocycles. The van der Waals surface area contributed by atoms with Crippen molar-refractivity contribution in [3.8, 4) is 23.0 Å². The first-order valence-electron chi connectivity index (χ1n) is 11.6. The van der Waals surface area contributed by atoms with Crippen LogP contribution >= 0.6 is 0 Å². The number of amides is 2. The number of nitrogens with two attached hydrogens (primary N) is 1. The third-order valence-corrected chi connectivity index (χ3v) is 6.42. The number of phenols is 2. The summed E-state index contributed by atoms with van der Waals surface area (Å²) in [5.41, 5.74) is 5.86. The van der Waals surface area contributed by atoms with Crippen LogP contribution in [0, 0.1) is 0 Å². The number of primary amides is 1. The molecule has 2 heterocycles. The van der Waals surface area contributed by atoms with Gasteiger partial charge in [-0.1, -0.05) is 12.5 Å². The Labute approximate surface area is 206 Å². The molecule has 0 aromatic heterocycles. The standard InChI is InChI=1S/C27H24N2O7/c28-24(32)4-2-1-3-11-29-25(33)15-5-8-19-18(12-15)26(34)36-27(19)20-9-6-16(30)13-22(20)35-23-14-17(31)7-10-21(23)27/h5-10,12-14,30-31H,1-4,11H2,(H2,28,32)(H,29,33). The van der Waals surface area contributed by atoms with E-state index in [0.717, 1.165) is 6.42 Å². The number of carbonyl (C=O) groups is 3. The van der Waals surface area contributed by atoms with Crippen molar-refractivity contribution < 1.29 is 34.1 Å². The van der Waals surface area contributed by atoms with Crippen molar-refractivity contribution in [2.75, 3.05) is 6.54 Å². The number of phenolic OH excluding ortho intramolecular Hbond substituents is 2. The van der Waals surface area contributed by atoms with Crippen LogP contribution in [0.1, 0.15) is 63.1 Å². The quantitative estimate of drug-likeness (QED) is 0.294. The summed E-state index contributed by atoms with van der Waals surface area (Å²) >= 11 is 0. The van der Waals surface area contributed by atoms with Crippen molar-refractivity contribution in [1.82, 2.24) is 5.32 Å². The van der Waals surface area contributed by atoms with E-state index < -0.39 is 11.6 Å². The smallest absolute Gasteiger partial charge is 0.340 e. The van der Waals surface area contributed by atoms with Crippen molar-refractivity contribution in [2.24, 2.45) is 5.73 Å². The summed E-state index contributed by atoms with van der Waals surface area (Å²) in [5.74, 6) is -0.767. The number of fused-ring (bicyclic) bond motifs is 6. The number of hydrogen-bond donors (Lipinski definition) is 4. The average Bonchev–Trinajstić information content (AvgIpc) is 3.12. The summed E-state index contributed by atoms with van der Waals surface area (Å²) in [6.45, 7) is 0.425. The molecular formula is C27H24N2O7. The number of nitrogens with one attached hydrogen (secondary N) is 1. The number of hydrogen-bond acceptors (Lipinski definition) is 7. The second kappa shape index (κ2) is 8.92. The molecular weight excluding hydrogens is 464 g/mol. The van der Waals surface area contributed by atoms with Crippen LogP contribution < -0.4 is 15.8 Å². The lowest BCUT2D eigenvalue weighted by atomic mass is 9.77. The molecule has 2 amide bonds. The average molecular weight is 488 g/mol. The highest BCUT2D eigenvalue weighted by Gasteiger charge is 2.53. The van der Waals surface area contributed by atoms with E-state index >= 15 is 0 Å². The van der Waals surface area contributed by atoms with E-state index in [9.17, 15) is 24.6 Å². The van der Waals surface area contributed by atoms with Crippen LogP contribution in [-0.4, -0.2) is 34.5 Å². The van der Waals surface area contributed by atoms with E-state index in [-0.39, 0.29) is 40.4 Å². The number of ether oxygens (including phenoxy) is 2. The molecule has 2 aliphatic heterocycles. The van der Waals surface area contributed by atoms with E-state index in [4.69, 9.17) is 15.2 Å². The summed E-state index contributed by atoms with van der Waals surface area (Å²) in [4.78, 5) is 36.7. The Hall–Kier alpha value is -4.53. The van der Waals surface area contributed by atoms with Crippen molar-refractivity contribution in [3.05, 3.63) is 82.4 Å². The van der Waals surface area contributed by atoms with Crippen LogP contribution in [0.3, 0.4) is 0 Å². The van der Waals surface area contributed by atoms with E-state index in [1.54, 1.807) is 24.3 Å². The number of aromatic hydroxyl groups is 2. The van der Waals surface area contributed by atoms with E-state index in [0.29, 0.717) is 48.1 Å². The minimum Gasteiger partial charge on any atom is -0.508 e. The van der Waals surface area contributed by atoms with Crippen LogP contribution in [0.5, 0.6) is 23.0 Å². The second-order valence-electron chi connectivity index (χ2n) is 8.83. The number of benzene rings is 3. The molecule has 1 spiro atoms. The highest BCUT2D eigenvalue weighted by Crippen LogP contribution is 2.57. The SMILES string of the molecule is NC(=O)CCCCCNC(=O)c1ccc2c(c1)C(=O)OC21c2ccc(O)cc2Oc2cc(O)ccc21. The maximum absolute atomic E-state index is 13.1. The Morgan fingerprint density at radius 2 is 1.50 bits per heavy atom. The molecule has 0 atom stereocenters. The summed E-state index contributed by atoms with van der Waals surface area (Å²) in [7, 11) is 0. The van der Waals surface area contributed by atoms with Crippen LogP contribution in [0.25, 0.3) is 0 Å². The zero-order valence-electron chi connectivity index (χ0n) is 19.2. The lowest BCUT2D eigenvalue weighted by Gasteiger charge is -2.36. The molecule has 0 saturated carbocycles. The Bertz CT molecular complexity index is 1350. The fraction of sp³-hybridized carbons (Fsp3) is 0.222. The lowest BCUT2D eigenvalue weighted by Crippen LogP contribution is -2.33. The molecule has 0 bridgehead atoms. The van der Waals surface area contributed by atoms with Gasteiger partial charge in [0.05, 0.1) is 5.56 Å². The largest absolute Gasteiger partial charge is 0.508 e. The zero-order valence-corrected chi connectivity index (χ0v) is 19.2. The molecule has 0 radical (unpaired) electrons. The molecule has 2 aliphatic rings. The predicted octanol–water partition coefficient (Wildman–Crippen LogP) is 3.44. The van der Waals surface area contributed by atoms with Gasteiger partial charge in [-0.25, -0.2) is 4.79 Å². The summed E-state index contributed by atoms with van der Waals surface area (Å²) < 4.78 is 11.9. The third-order valence-electron chi connectivity index (χ3n) is 6.42. The van der Waals surface area contributed by atoms with Crippen molar-refractivity contribution >= 4 is 17.8 Å². The molecule has 5 N–H and O–H groups in total. The molecule has 5 rings (SSSR count). The maximum atomic E-state index is 13.1. The van der Waals surface area contributed by atoms with Gasteiger partial charge in [0.1, 0.15) is 23.0 Å². The van der Waals surface area contributed by atoms with Gasteiger partial charge in [0.2, 0.25) is 5.91 Å². The third kappa shape index (κ3) is 3.88. The number of rotatable bonds is 7. The molecule has 0 aliphatic carbocycles. The van der Waals surface area contributed by atoms with Crippen LogP contribution in [0.15, 0.2) is 54.6 Å². The maximum Gasteiger partial charge on any atom is 0.340 e. The Balaban J connectivity index is 1.47. The monoisotopic (exact) mass is 488 g/mol. The summed E-state index contributed by atoms with van der Waals surface area (Å²) in [5, 5.41) is 22.8. The molecule has 0 fully saturated rings. The molecule has 184 valence electrons. The van der Waals surface area contributed by atoms with Gasteiger partial charge in [-0.05, 0) is 49.2 Å². The fourth-order valence-electron chi connectivity index (χ4n) is 4.75. The van der Waals surface area contributed by atoms with Gasteiger partial charge >= 0.3 is 5.97 Å². The van der Waals surface area contributed by atoms with Gasteiger partial charge in [0, 0.05) is 47.4 Å². The highest BCUT2D eigenvalue weighted by atomic mass is 16.6. The normalized spacial score (nSPS) is 14.3. The van der Waals surface area contributed by atoms with Gasteiger partial charge in [-0.3, -0.25) is 9.59 Å². The van der Waals surface area contributed by atoms with E-state index in [1.807, 2.05) is 0 Å². The first-order valence-corrected chi connectivity index (χ1v) is 11.6. The minimum absolute atomic E-state index is 0.0290. The van der Waals surface area contributed by atoms with E-state index in [1.165, 1.54) is 30.3 Å². The molecule has 36 heavy (non-hydrogen) atoms. The predicted molar refractivity (Wildman–Crippen MR) is 128 cm³/mol. The minimum atomic E-state index is -1.37. The van der Waals surface area contributed by atoms with Crippen LogP contribution in [0.4, 0.5) is 0 Å². The summed E-state index contributed by atoms with van der Waals surface area (Å²) in [6, 6.07) is 13.9. The van der Waals surface area contributed by atoms with Crippen LogP contribution in [-0.2, 0) is 15.1 Å². The Kier molecular flexibility index (Phi) is 5.75. The van der Waals surface area contributed by atoms with Crippen LogP contribution in [0.2, 0.25) is 0 Å². The van der Waals surface area contributed by atoms with Gasteiger partial charge in [-0.15, -0.1) is 0 Å². The highest BCUT2D eigenvalue weighted by molar-refractivity contribution is 6.01. The molecule has 0 saturated heterocycles. The molecule has 0 unspecified atom stereocenters. The molecule has 9 nitrogen and oxygen atoms in total. The van der Waals surface area contributed by atoms with Gasteiger partial charge < -0.3 is 30.7 Å². The number of esters is 1. The van der Waals surface area contributed by atoms with E-state index in [2.05, 4.69) is 5.32 Å². The lowest BCUT2D eigenvalue weighted by molar-refractivity contribution is -0.118. The number of carbonyl (C=O) groups excluding carboxylic acids is 3. The van der Waals surface area contributed by atoms with Crippen molar-refractivity contribution in [1.29, 1.82) is 0 Å². The second-order valence-corrected chi connectivity index (χ2v) is 8.83. The van der Waals surface area contributed by atoms with Gasteiger partial charge in [0.15, 0.2) is 5.60 Å². The molecule has 3 aromatic rings. The van der Waals surface area contributed by atoms with Crippen molar-refractivity contribution in [3.63, 3.8) is 0 Å². The molecule has 9 heteroatoms. The fourth-order valence-corrected chi connectivity index (χ4v) is 4.75. The first-order chi connectivity index (χ1) is 17.3. The van der Waals surface area contributed by atoms with Gasteiger partial charge in [-0.2, -0.15) is 0 Å². The number of unbranched alkanes of at least 4 members (excludes halogenated alkanes) is 2.